The Kier molecular flexibility index (Phi) is 10.8. The molecule has 1 heterocycles. The Bertz CT molecular complexity index is 715. The molecular formula is C27H43N3OS. The third-order valence-corrected chi connectivity index (χ3v) is 7.08. The number of hydrogen-bond donors (Lipinski definition) is 1. The second kappa shape index (κ2) is 13.8. The zero-order valence-corrected chi connectivity index (χ0v) is 20.9. The number of nitrogens with one attached hydrogen (secondary N) is 1. The number of unbranched alkanes of at least 4 members (excludes halogenated alkanes) is 3. The molecule has 1 N–H and O–H groups in total. The number of likely N-dealkylation sites (N-methyl/N-ethyl adjacent to an activating group) is 1. The van der Waals surface area contributed by atoms with E-state index in [2.05, 4.69) is 46.9 Å². The van der Waals surface area contributed by atoms with Gasteiger partial charge in [0.2, 0.25) is 0 Å². The molecule has 32 heavy (non-hydrogen) atoms. The van der Waals surface area contributed by atoms with E-state index in [1.807, 2.05) is 6.08 Å². The summed E-state index contributed by atoms with van der Waals surface area (Å²) >= 11 is 5.83. The van der Waals surface area contributed by atoms with Gasteiger partial charge in [-0.25, -0.2) is 0 Å². The van der Waals surface area contributed by atoms with Crippen LogP contribution in [-0.2, 0) is 6.42 Å². The fraction of sp³-hybridized carbons (Fsp3) is 0.667. The standard InChI is InChI=1S/C27H43N3OS/c1-3-18-29(2)19-10-6-7-11-21-31-25-16-17-26-23(22-25)13-12-20-30(26)27(32)28-24-14-8-4-5-9-15-24/h3,16-17,22,24H,1,4-15,18-21H2,2H3,(H,28,32). The average Bonchev–Trinajstić information content (AvgIpc) is 3.06. The molecule has 1 aliphatic carbocycles. The summed E-state index contributed by atoms with van der Waals surface area (Å²) in [5.74, 6) is 0.999. The number of benzene rings is 1. The van der Waals surface area contributed by atoms with Crippen LogP contribution in [-0.4, -0.2) is 49.3 Å². The van der Waals surface area contributed by atoms with Gasteiger partial charge in [0.25, 0.3) is 0 Å². The van der Waals surface area contributed by atoms with Crippen LogP contribution in [0.5, 0.6) is 5.75 Å². The van der Waals surface area contributed by atoms with Crippen molar-refractivity contribution in [2.24, 2.45) is 0 Å². The fourth-order valence-corrected chi connectivity index (χ4v) is 5.25. The van der Waals surface area contributed by atoms with Gasteiger partial charge in [-0.1, -0.05) is 44.6 Å². The molecule has 0 aromatic heterocycles. The molecule has 0 unspecified atom stereocenters. The number of anilines is 1. The highest BCUT2D eigenvalue weighted by Gasteiger charge is 2.23. The Morgan fingerprint density at radius 2 is 1.94 bits per heavy atom. The summed E-state index contributed by atoms with van der Waals surface area (Å²) in [6.07, 6.45) is 16.9. The Hall–Kier alpha value is -1.59. The molecule has 1 fully saturated rings. The van der Waals surface area contributed by atoms with Gasteiger partial charge in [-0.15, -0.1) is 6.58 Å². The number of hydrogen-bond acceptors (Lipinski definition) is 3. The van der Waals surface area contributed by atoms with Crippen molar-refractivity contribution in [3.8, 4) is 5.75 Å². The van der Waals surface area contributed by atoms with Crippen molar-refractivity contribution >= 4 is 23.0 Å². The van der Waals surface area contributed by atoms with Crippen LogP contribution in [0.25, 0.3) is 0 Å². The first kappa shape index (κ1) is 25.0. The zero-order valence-electron chi connectivity index (χ0n) is 20.1. The smallest absolute Gasteiger partial charge is 0.173 e. The second-order valence-electron chi connectivity index (χ2n) is 9.50. The first-order chi connectivity index (χ1) is 15.7. The van der Waals surface area contributed by atoms with Crippen LogP contribution in [0.2, 0.25) is 0 Å². The van der Waals surface area contributed by atoms with Crippen molar-refractivity contribution in [2.75, 3.05) is 38.2 Å². The zero-order chi connectivity index (χ0) is 22.6. The van der Waals surface area contributed by atoms with Crippen LogP contribution in [0.4, 0.5) is 5.69 Å². The number of rotatable bonds is 11. The van der Waals surface area contributed by atoms with E-state index in [1.165, 1.54) is 69.0 Å². The Balaban J connectivity index is 1.42. The highest BCUT2D eigenvalue weighted by Crippen LogP contribution is 2.31. The first-order valence-corrected chi connectivity index (χ1v) is 13.2. The summed E-state index contributed by atoms with van der Waals surface area (Å²) in [5.41, 5.74) is 2.63. The van der Waals surface area contributed by atoms with Gasteiger partial charge >= 0.3 is 0 Å². The maximum Gasteiger partial charge on any atom is 0.173 e. The van der Waals surface area contributed by atoms with E-state index >= 15 is 0 Å². The molecule has 1 aromatic carbocycles. The topological polar surface area (TPSA) is 27.7 Å². The number of nitrogens with zero attached hydrogens (tertiary/aromatic N) is 2. The quantitative estimate of drug-likeness (QED) is 0.188. The van der Waals surface area contributed by atoms with Crippen LogP contribution >= 0.6 is 12.2 Å². The summed E-state index contributed by atoms with van der Waals surface area (Å²) < 4.78 is 6.08. The number of fused-ring (bicyclic) bond motifs is 1. The lowest BCUT2D eigenvalue weighted by molar-refractivity contribution is 0.300. The molecule has 0 amide bonds. The van der Waals surface area contributed by atoms with Gasteiger partial charge in [-0.3, -0.25) is 0 Å². The molecule has 0 radical (unpaired) electrons. The van der Waals surface area contributed by atoms with Crippen molar-refractivity contribution in [1.82, 2.24) is 10.2 Å². The number of ether oxygens (including phenoxy) is 1. The third kappa shape index (κ3) is 8.08. The number of thiocarbonyl (C=S) groups is 1. The van der Waals surface area contributed by atoms with E-state index in [4.69, 9.17) is 17.0 Å². The molecule has 1 saturated carbocycles. The predicted molar refractivity (Wildman–Crippen MR) is 141 cm³/mol. The molecule has 178 valence electrons. The van der Waals surface area contributed by atoms with Crippen molar-refractivity contribution in [2.45, 2.75) is 83.1 Å². The summed E-state index contributed by atoms with van der Waals surface area (Å²) in [7, 11) is 2.15. The van der Waals surface area contributed by atoms with Gasteiger partial charge in [-0.2, -0.15) is 0 Å². The van der Waals surface area contributed by atoms with E-state index in [0.717, 1.165) is 56.4 Å². The predicted octanol–water partition coefficient (Wildman–Crippen LogP) is 6.09. The van der Waals surface area contributed by atoms with Gasteiger partial charge in [0, 0.05) is 24.8 Å². The van der Waals surface area contributed by atoms with Gasteiger partial charge in [-0.05, 0) is 88.1 Å². The second-order valence-corrected chi connectivity index (χ2v) is 9.88. The van der Waals surface area contributed by atoms with E-state index in [1.54, 1.807) is 0 Å². The van der Waals surface area contributed by atoms with Crippen LogP contribution in [0.3, 0.4) is 0 Å². The average molecular weight is 458 g/mol. The maximum absolute atomic E-state index is 6.08. The van der Waals surface area contributed by atoms with Crippen LogP contribution in [0.15, 0.2) is 30.9 Å². The molecule has 1 aromatic rings. The van der Waals surface area contributed by atoms with Gasteiger partial charge < -0.3 is 19.9 Å². The highest BCUT2D eigenvalue weighted by atomic mass is 32.1. The lowest BCUT2D eigenvalue weighted by Crippen LogP contribution is -2.46. The van der Waals surface area contributed by atoms with Crippen molar-refractivity contribution in [1.29, 1.82) is 0 Å². The maximum atomic E-state index is 6.08. The monoisotopic (exact) mass is 457 g/mol. The van der Waals surface area contributed by atoms with Crippen molar-refractivity contribution < 1.29 is 4.74 Å². The largest absolute Gasteiger partial charge is 0.494 e. The van der Waals surface area contributed by atoms with Gasteiger partial charge in [0.05, 0.1) is 6.61 Å². The molecule has 2 aliphatic rings. The van der Waals surface area contributed by atoms with Crippen molar-refractivity contribution in [3.05, 3.63) is 36.4 Å². The fourth-order valence-electron chi connectivity index (χ4n) is 4.89. The van der Waals surface area contributed by atoms with Crippen molar-refractivity contribution in [3.63, 3.8) is 0 Å². The highest BCUT2D eigenvalue weighted by molar-refractivity contribution is 7.80. The molecule has 0 bridgehead atoms. The summed E-state index contributed by atoms with van der Waals surface area (Å²) in [6.45, 7) is 7.72. The molecule has 0 saturated heterocycles. The van der Waals surface area contributed by atoms with E-state index in [0.29, 0.717) is 6.04 Å². The van der Waals surface area contributed by atoms with Crippen LogP contribution in [0, 0.1) is 0 Å². The van der Waals surface area contributed by atoms with E-state index in [-0.39, 0.29) is 0 Å². The Morgan fingerprint density at radius 1 is 1.16 bits per heavy atom. The Labute approximate surface area is 201 Å². The summed E-state index contributed by atoms with van der Waals surface area (Å²) in [6, 6.07) is 7.11. The molecule has 3 rings (SSSR count). The summed E-state index contributed by atoms with van der Waals surface area (Å²) in [5, 5.41) is 4.58. The lowest BCUT2D eigenvalue weighted by atomic mass is 10.0. The normalized spacial score (nSPS) is 17.0. The van der Waals surface area contributed by atoms with E-state index < -0.39 is 0 Å². The molecule has 4 nitrogen and oxygen atoms in total. The Morgan fingerprint density at radius 3 is 2.72 bits per heavy atom. The van der Waals surface area contributed by atoms with E-state index in [9.17, 15) is 0 Å². The molecule has 0 spiro atoms. The molecular weight excluding hydrogens is 414 g/mol. The van der Waals surface area contributed by atoms with Crippen LogP contribution < -0.4 is 15.0 Å². The minimum atomic E-state index is 0.542. The van der Waals surface area contributed by atoms with Gasteiger partial charge in [0.1, 0.15) is 5.75 Å². The SMILES string of the molecule is C=CCN(C)CCCCCCOc1ccc2c(c1)CCCN2C(=S)NC1CCCCCC1. The summed E-state index contributed by atoms with van der Waals surface area (Å²) in [4.78, 5) is 4.63. The molecule has 1 aliphatic heterocycles. The minimum Gasteiger partial charge on any atom is -0.494 e. The van der Waals surface area contributed by atoms with Gasteiger partial charge in [0.15, 0.2) is 5.11 Å². The van der Waals surface area contributed by atoms with Crippen LogP contribution in [0.1, 0.15) is 76.2 Å². The third-order valence-electron chi connectivity index (χ3n) is 6.74. The molecule has 5 heteroatoms. The first-order valence-electron chi connectivity index (χ1n) is 12.8. The molecule has 0 atom stereocenters. The lowest BCUT2D eigenvalue weighted by Gasteiger charge is -2.33. The minimum absolute atomic E-state index is 0.542. The number of aryl methyl sites for hydroxylation is 1.